The molecule has 0 unspecified atom stereocenters. The summed E-state index contributed by atoms with van der Waals surface area (Å²) in [6, 6.07) is 18.7. The number of para-hydroxylation sites is 1. The molecule has 186 valence electrons. The topological polar surface area (TPSA) is 107 Å². The van der Waals surface area contributed by atoms with Gasteiger partial charge >= 0.3 is 0 Å². The summed E-state index contributed by atoms with van der Waals surface area (Å²) in [4.78, 5) is 26.9. The second kappa shape index (κ2) is 9.69. The first-order valence-electron chi connectivity index (χ1n) is 11.8. The smallest absolute Gasteiger partial charge is 0.256 e. The number of ether oxygens (including phenoxy) is 1. The van der Waals surface area contributed by atoms with Crippen molar-refractivity contribution in [3.8, 4) is 11.6 Å². The molecule has 9 nitrogen and oxygen atoms in total. The van der Waals surface area contributed by atoms with Crippen LogP contribution in [0.25, 0.3) is 16.7 Å². The zero-order valence-electron chi connectivity index (χ0n) is 21.3. The molecule has 2 N–H and O–H groups in total. The number of aromatic nitrogens is 5. The summed E-state index contributed by atoms with van der Waals surface area (Å²) < 4.78 is 7.16. The molecule has 5 aromatic rings. The van der Waals surface area contributed by atoms with Gasteiger partial charge in [-0.1, -0.05) is 18.2 Å². The quantitative estimate of drug-likeness (QED) is 0.324. The minimum Gasteiger partial charge on any atom is -0.494 e. The van der Waals surface area contributed by atoms with Gasteiger partial charge in [0.05, 0.1) is 12.8 Å². The molecule has 0 bridgehead atoms. The van der Waals surface area contributed by atoms with Gasteiger partial charge in [0.25, 0.3) is 5.91 Å². The predicted octanol–water partition coefficient (Wildman–Crippen LogP) is 5.45. The summed E-state index contributed by atoms with van der Waals surface area (Å²) in [6.07, 6.45) is 0. The number of hydrogen-bond acceptors (Lipinski definition) is 7. The van der Waals surface area contributed by atoms with Crippen molar-refractivity contribution < 1.29 is 9.53 Å². The first-order chi connectivity index (χ1) is 17.8. The highest BCUT2D eigenvalue weighted by Gasteiger charge is 2.16. The molecule has 0 saturated heterocycles. The fourth-order valence-electron chi connectivity index (χ4n) is 4.25. The highest BCUT2D eigenvalue weighted by Crippen LogP contribution is 2.29. The number of fused-ring (bicyclic) bond motifs is 1. The molecule has 37 heavy (non-hydrogen) atoms. The van der Waals surface area contributed by atoms with Gasteiger partial charge in [0, 0.05) is 34.1 Å². The van der Waals surface area contributed by atoms with Crippen LogP contribution in [0.15, 0.2) is 60.7 Å². The number of benzene rings is 2. The van der Waals surface area contributed by atoms with Gasteiger partial charge in [-0.25, -0.2) is 15.0 Å². The third-order valence-corrected chi connectivity index (χ3v) is 5.87. The van der Waals surface area contributed by atoms with Crippen LogP contribution in [0.4, 0.5) is 17.5 Å². The number of aryl methyl sites for hydroxylation is 4. The Balaban J connectivity index is 1.44. The number of hydrogen-bond donors (Lipinski definition) is 2. The first kappa shape index (κ1) is 23.9. The second-order valence-corrected chi connectivity index (χ2v) is 8.87. The molecule has 0 radical (unpaired) electrons. The van der Waals surface area contributed by atoms with Crippen LogP contribution >= 0.6 is 0 Å². The Bertz CT molecular complexity index is 1620. The normalized spacial score (nSPS) is 10.9. The molecule has 2 aromatic carbocycles. The highest BCUT2D eigenvalue weighted by atomic mass is 16.5. The lowest BCUT2D eigenvalue weighted by molar-refractivity contribution is 0.102. The van der Waals surface area contributed by atoms with E-state index in [0.29, 0.717) is 34.6 Å². The van der Waals surface area contributed by atoms with Gasteiger partial charge < -0.3 is 15.4 Å². The van der Waals surface area contributed by atoms with Crippen molar-refractivity contribution in [2.24, 2.45) is 0 Å². The van der Waals surface area contributed by atoms with Crippen LogP contribution in [0.2, 0.25) is 0 Å². The standard InChI is InChI=1S/C28H27N7O2/c1-16-12-24(32-26-22(16)10-7-11-23(26)37-5)35-25(14-19(4)34-35)33-27(36)20-8-6-9-21(15-20)31-28-29-17(2)13-18(3)30-28/h6-15H,1-5H3,(H,33,36)(H,29,30,31). The summed E-state index contributed by atoms with van der Waals surface area (Å²) in [6.45, 7) is 7.71. The van der Waals surface area contributed by atoms with E-state index < -0.39 is 0 Å². The summed E-state index contributed by atoms with van der Waals surface area (Å²) >= 11 is 0. The Labute approximate surface area is 214 Å². The average molecular weight is 494 g/mol. The van der Waals surface area contributed by atoms with Crippen molar-refractivity contribution in [1.29, 1.82) is 0 Å². The van der Waals surface area contributed by atoms with Gasteiger partial charge in [-0.15, -0.1) is 0 Å². The molecule has 0 aliphatic heterocycles. The fourth-order valence-corrected chi connectivity index (χ4v) is 4.25. The Hall–Kier alpha value is -4.79. The third kappa shape index (κ3) is 4.97. The van der Waals surface area contributed by atoms with Crippen LogP contribution in [0, 0.1) is 27.7 Å². The molecular formula is C28H27N7O2. The summed E-state index contributed by atoms with van der Waals surface area (Å²) in [7, 11) is 1.62. The zero-order valence-corrected chi connectivity index (χ0v) is 21.3. The minimum absolute atomic E-state index is 0.277. The van der Waals surface area contributed by atoms with Crippen LogP contribution in [-0.4, -0.2) is 37.7 Å². The maximum atomic E-state index is 13.2. The molecule has 0 atom stereocenters. The second-order valence-electron chi connectivity index (χ2n) is 8.87. The number of pyridine rings is 1. The van der Waals surface area contributed by atoms with Gasteiger partial charge in [0.1, 0.15) is 17.1 Å². The number of anilines is 3. The zero-order chi connectivity index (χ0) is 26.1. The summed E-state index contributed by atoms with van der Waals surface area (Å²) in [5, 5.41) is 11.7. The number of rotatable bonds is 6. The first-order valence-corrected chi connectivity index (χ1v) is 11.8. The van der Waals surface area contributed by atoms with Gasteiger partial charge in [0.2, 0.25) is 5.95 Å². The van der Waals surface area contributed by atoms with Gasteiger partial charge in [0.15, 0.2) is 5.82 Å². The van der Waals surface area contributed by atoms with Gasteiger partial charge in [-0.3, -0.25) is 4.79 Å². The molecule has 1 amide bonds. The molecule has 0 saturated carbocycles. The van der Waals surface area contributed by atoms with Gasteiger partial charge in [-0.2, -0.15) is 9.78 Å². The number of carbonyl (C=O) groups is 1. The summed E-state index contributed by atoms with van der Waals surface area (Å²) in [5.74, 6) is 1.98. The van der Waals surface area contributed by atoms with Crippen LogP contribution in [0.1, 0.15) is 33.0 Å². The number of carbonyl (C=O) groups excluding carboxylic acids is 1. The van der Waals surface area contributed by atoms with Crippen LogP contribution in [0.5, 0.6) is 5.75 Å². The van der Waals surface area contributed by atoms with E-state index in [1.807, 2.05) is 76.2 Å². The van der Waals surface area contributed by atoms with E-state index in [1.54, 1.807) is 23.9 Å². The van der Waals surface area contributed by atoms with E-state index in [-0.39, 0.29) is 5.91 Å². The van der Waals surface area contributed by atoms with Crippen molar-refractivity contribution in [2.45, 2.75) is 27.7 Å². The maximum Gasteiger partial charge on any atom is 0.256 e. The third-order valence-electron chi connectivity index (χ3n) is 5.87. The molecule has 0 spiro atoms. The van der Waals surface area contributed by atoms with Crippen LogP contribution < -0.4 is 15.4 Å². The Morgan fingerprint density at radius 1 is 0.865 bits per heavy atom. The molecule has 3 heterocycles. The van der Waals surface area contributed by atoms with Crippen LogP contribution in [0.3, 0.4) is 0 Å². The van der Waals surface area contributed by atoms with E-state index in [4.69, 9.17) is 9.72 Å². The maximum absolute atomic E-state index is 13.2. The van der Waals surface area contributed by atoms with E-state index in [1.165, 1.54) is 0 Å². The number of methoxy groups -OCH3 is 1. The molecule has 0 aliphatic rings. The number of nitrogens with zero attached hydrogens (tertiary/aromatic N) is 5. The average Bonchev–Trinajstić information content (AvgIpc) is 3.23. The fraction of sp³-hybridized carbons (Fsp3) is 0.179. The lowest BCUT2D eigenvalue weighted by atomic mass is 10.1. The van der Waals surface area contributed by atoms with Crippen molar-refractivity contribution >= 4 is 34.3 Å². The van der Waals surface area contributed by atoms with E-state index in [0.717, 1.165) is 33.5 Å². The van der Waals surface area contributed by atoms with Crippen molar-refractivity contribution in [1.82, 2.24) is 24.7 Å². The minimum atomic E-state index is -0.277. The molecule has 9 heteroatoms. The molecule has 5 rings (SSSR count). The van der Waals surface area contributed by atoms with E-state index >= 15 is 0 Å². The summed E-state index contributed by atoms with van der Waals surface area (Å²) in [5.41, 5.74) is 5.42. The lowest BCUT2D eigenvalue weighted by Crippen LogP contribution is -2.16. The number of nitrogens with one attached hydrogen (secondary N) is 2. The number of amides is 1. The Kier molecular flexibility index (Phi) is 6.27. The van der Waals surface area contributed by atoms with Crippen molar-refractivity contribution in [3.05, 3.63) is 88.9 Å². The Morgan fingerprint density at radius 3 is 2.38 bits per heavy atom. The van der Waals surface area contributed by atoms with Crippen molar-refractivity contribution in [2.75, 3.05) is 17.7 Å². The Morgan fingerprint density at radius 2 is 1.62 bits per heavy atom. The molecule has 3 aromatic heterocycles. The predicted molar refractivity (Wildman–Crippen MR) is 144 cm³/mol. The largest absolute Gasteiger partial charge is 0.494 e. The van der Waals surface area contributed by atoms with E-state index in [2.05, 4.69) is 25.7 Å². The highest BCUT2D eigenvalue weighted by molar-refractivity contribution is 6.04. The lowest BCUT2D eigenvalue weighted by Gasteiger charge is -2.13. The molecular weight excluding hydrogens is 466 g/mol. The molecule has 0 aliphatic carbocycles. The SMILES string of the molecule is COc1cccc2c(C)cc(-n3nc(C)cc3NC(=O)c3cccc(Nc4nc(C)cc(C)n4)c3)nc12. The van der Waals surface area contributed by atoms with Crippen molar-refractivity contribution in [3.63, 3.8) is 0 Å². The van der Waals surface area contributed by atoms with Crippen LogP contribution in [-0.2, 0) is 0 Å². The van der Waals surface area contributed by atoms with Gasteiger partial charge in [-0.05, 0) is 69.7 Å². The monoisotopic (exact) mass is 493 g/mol. The van der Waals surface area contributed by atoms with E-state index in [9.17, 15) is 4.79 Å². The molecule has 0 fully saturated rings.